The van der Waals surface area contributed by atoms with Gasteiger partial charge >= 0.3 is 0 Å². The molecule has 0 spiro atoms. The number of rotatable bonds is 5. The van der Waals surface area contributed by atoms with Gasteiger partial charge in [-0.05, 0) is 30.9 Å². The summed E-state index contributed by atoms with van der Waals surface area (Å²) in [6, 6.07) is 2.81. The molecule has 1 fully saturated rings. The summed E-state index contributed by atoms with van der Waals surface area (Å²) in [4.78, 5) is 3.77. The normalized spacial score (nSPS) is 17.9. The van der Waals surface area contributed by atoms with E-state index in [-0.39, 0.29) is 23.2 Å². The van der Waals surface area contributed by atoms with Crippen LogP contribution in [-0.4, -0.2) is 31.2 Å². The summed E-state index contributed by atoms with van der Waals surface area (Å²) in [5, 5.41) is 9.58. The Balaban J connectivity index is 2.00. The van der Waals surface area contributed by atoms with Gasteiger partial charge in [0.05, 0.1) is 6.10 Å². The molecule has 1 aromatic rings. The van der Waals surface area contributed by atoms with E-state index < -0.39 is 16.1 Å². The summed E-state index contributed by atoms with van der Waals surface area (Å²) >= 11 is 0. The van der Waals surface area contributed by atoms with Crippen molar-refractivity contribution in [2.45, 2.75) is 23.8 Å². The highest BCUT2D eigenvalue weighted by molar-refractivity contribution is 7.89. The van der Waals surface area contributed by atoms with Crippen molar-refractivity contribution in [3.05, 3.63) is 18.3 Å². The maximum Gasteiger partial charge on any atom is 0.242 e. The first-order chi connectivity index (χ1) is 7.99. The summed E-state index contributed by atoms with van der Waals surface area (Å²) in [6.07, 6.45) is 2.52. The van der Waals surface area contributed by atoms with Gasteiger partial charge in [-0.3, -0.25) is 0 Å². The lowest BCUT2D eigenvalue weighted by molar-refractivity contribution is 0.155. The van der Waals surface area contributed by atoms with Crippen molar-refractivity contribution in [2.24, 2.45) is 5.92 Å². The van der Waals surface area contributed by atoms with Crippen LogP contribution in [0, 0.1) is 5.92 Å². The van der Waals surface area contributed by atoms with Crippen LogP contribution in [0.1, 0.15) is 12.8 Å². The monoisotopic (exact) mass is 257 g/mol. The summed E-state index contributed by atoms with van der Waals surface area (Å²) in [5.74, 6) is 0.504. The fourth-order valence-electron chi connectivity index (χ4n) is 1.48. The number of pyridine rings is 1. The second kappa shape index (κ2) is 4.59. The molecule has 1 aliphatic rings. The molecule has 0 aromatic carbocycles. The van der Waals surface area contributed by atoms with Crippen LogP contribution in [-0.2, 0) is 10.0 Å². The van der Waals surface area contributed by atoms with Gasteiger partial charge in [0.15, 0.2) is 0 Å². The van der Waals surface area contributed by atoms with Gasteiger partial charge in [-0.25, -0.2) is 18.1 Å². The minimum atomic E-state index is -3.61. The van der Waals surface area contributed by atoms with Crippen LogP contribution >= 0.6 is 0 Å². The van der Waals surface area contributed by atoms with Gasteiger partial charge in [0, 0.05) is 12.7 Å². The fourth-order valence-corrected chi connectivity index (χ4v) is 2.47. The molecule has 1 saturated carbocycles. The van der Waals surface area contributed by atoms with Crippen molar-refractivity contribution in [1.29, 1.82) is 0 Å². The topological polar surface area (TPSA) is 105 Å². The number of aliphatic hydroxyl groups excluding tert-OH is 1. The lowest BCUT2D eigenvalue weighted by Crippen LogP contribution is -2.33. The van der Waals surface area contributed by atoms with E-state index in [9.17, 15) is 13.5 Å². The van der Waals surface area contributed by atoms with Crippen molar-refractivity contribution in [2.75, 3.05) is 12.3 Å². The van der Waals surface area contributed by atoms with E-state index in [4.69, 9.17) is 5.73 Å². The molecule has 0 amide bonds. The smallest absolute Gasteiger partial charge is 0.242 e. The van der Waals surface area contributed by atoms with Crippen molar-refractivity contribution in [1.82, 2.24) is 9.71 Å². The maximum atomic E-state index is 11.8. The zero-order valence-corrected chi connectivity index (χ0v) is 10.0. The first kappa shape index (κ1) is 12.3. The molecule has 1 unspecified atom stereocenters. The minimum absolute atomic E-state index is 0.0391. The zero-order valence-electron chi connectivity index (χ0n) is 9.20. The molecular formula is C10H15N3O3S. The number of sulfonamides is 1. The van der Waals surface area contributed by atoms with Crippen LogP contribution in [0.15, 0.2) is 23.2 Å². The molecule has 0 saturated heterocycles. The quantitative estimate of drug-likeness (QED) is 0.672. The van der Waals surface area contributed by atoms with Crippen LogP contribution in [0.5, 0.6) is 0 Å². The second-order valence-corrected chi connectivity index (χ2v) is 5.94. The van der Waals surface area contributed by atoms with Crippen molar-refractivity contribution >= 4 is 15.8 Å². The SMILES string of the molecule is Nc1ccc(S(=O)(=O)NCC(O)C2CC2)cn1. The molecule has 1 aliphatic carbocycles. The van der Waals surface area contributed by atoms with Crippen molar-refractivity contribution < 1.29 is 13.5 Å². The van der Waals surface area contributed by atoms with Crippen LogP contribution in [0.25, 0.3) is 0 Å². The number of nitrogens with zero attached hydrogens (tertiary/aromatic N) is 1. The standard InChI is InChI=1S/C10H15N3O3S/c11-10-4-3-8(5-12-10)17(15,16)13-6-9(14)7-1-2-7/h3-5,7,9,13-14H,1-2,6H2,(H2,11,12). The number of anilines is 1. The van der Waals surface area contributed by atoms with E-state index in [1.165, 1.54) is 18.3 Å². The molecule has 17 heavy (non-hydrogen) atoms. The molecule has 0 bridgehead atoms. The highest BCUT2D eigenvalue weighted by Gasteiger charge is 2.30. The first-order valence-corrected chi connectivity index (χ1v) is 6.86. The minimum Gasteiger partial charge on any atom is -0.391 e. The molecule has 1 aromatic heterocycles. The Morgan fingerprint density at radius 1 is 1.53 bits per heavy atom. The van der Waals surface area contributed by atoms with Crippen LogP contribution in [0.2, 0.25) is 0 Å². The molecule has 7 heteroatoms. The third kappa shape index (κ3) is 3.15. The van der Waals surface area contributed by atoms with Gasteiger partial charge in [-0.15, -0.1) is 0 Å². The predicted molar refractivity (Wildman–Crippen MR) is 62.6 cm³/mol. The van der Waals surface area contributed by atoms with E-state index in [1.54, 1.807) is 0 Å². The molecule has 4 N–H and O–H groups in total. The van der Waals surface area contributed by atoms with Crippen LogP contribution in [0.4, 0.5) is 5.82 Å². The average molecular weight is 257 g/mol. The molecule has 6 nitrogen and oxygen atoms in total. The second-order valence-electron chi connectivity index (χ2n) is 4.18. The summed E-state index contributed by atoms with van der Waals surface area (Å²) in [6.45, 7) is 0.0391. The van der Waals surface area contributed by atoms with E-state index in [2.05, 4.69) is 9.71 Å². The highest BCUT2D eigenvalue weighted by Crippen LogP contribution is 2.32. The van der Waals surface area contributed by atoms with E-state index in [0.29, 0.717) is 0 Å². The first-order valence-electron chi connectivity index (χ1n) is 5.38. The summed E-state index contributed by atoms with van der Waals surface area (Å²) < 4.78 is 25.9. The molecular weight excluding hydrogens is 242 g/mol. The fraction of sp³-hybridized carbons (Fsp3) is 0.500. The lowest BCUT2D eigenvalue weighted by Gasteiger charge is -2.11. The van der Waals surface area contributed by atoms with Gasteiger partial charge in [0.1, 0.15) is 10.7 Å². The molecule has 1 heterocycles. The zero-order chi connectivity index (χ0) is 12.5. The van der Waals surface area contributed by atoms with Gasteiger partial charge < -0.3 is 10.8 Å². The third-order valence-electron chi connectivity index (χ3n) is 2.72. The number of hydrogen-bond donors (Lipinski definition) is 3. The van der Waals surface area contributed by atoms with E-state index in [1.807, 2.05) is 0 Å². The molecule has 1 atom stereocenters. The number of nitrogen functional groups attached to an aromatic ring is 1. The Morgan fingerprint density at radius 2 is 2.24 bits per heavy atom. The Morgan fingerprint density at radius 3 is 2.76 bits per heavy atom. The van der Waals surface area contributed by atoms with E-state index in [0.717, 1.165) is 12.8 Å². The number of nitrogens with two attached hydrogens (primary N) is 1. The van der Waals surface area contributed by atoms with Crippen LogP contribution < -0.4 is 10.5 Å². The Hall–Kier alpha value is -1.18. The predicted octanol–water partition coefficient (Wildman–Crippen LogP) is -0.287. The summed E-state index contributed by atoms with van der Waals surface area (Å²) in [7, 11) is -3.61. The van der Waals surface area contributed by atoms with Gasteiger partial charge in [0.2, 0.25) is 10.0 Å². The Labute approximate surface area is 99.9 Å². The Kier molecular flexibility index (Phi) is 3.32. The molecule has 94 valence electrons. The van der Waals surface area contributed by atoms with Crippen molar-refractivity contribution in [3.63, 3.8) is 0 Å². The van der Waals surface area contributed by atoms with Gasteiger partial charge in [-0.1, -0.05) is 0 Å². The lowest BCUT2D eigenvalue weighted by atomic mass is 10.2. The summed E-state index contributed by atoms with van der Waals surface area (Å²) in [5.41, 5.74) is 5.37. The van der Waals surface area contributed by atoms with Gasteiger partial charge in [-0.2, -0.15) is 0 Å². The number of aromatic nitrogens is 1. The molecule has 0 radical (unpaired) electrons. The molecule has 2 rings (SSSR count). The average Bonchev–Trinajstić information content (AvgIpc) is 3.10. The molecule has 0 aliphatic heterocycles. The largest absolute Gasteiger partial charge is 0.391 e. The number of nitrogens with one attached hydrogen (secondary N) is 1. The third-order valence-corrected chi connectivity index (χ3v) is 4.13. The number of aliphatic hydroxyl groups is 1. The van der Waals surface area contributed by atoms with Crippen LogP contribution in [0.3, 0.4) is 0 Å². The van der Waals surface area contributed by atoms with E-state index >= 15 is 0 Å². The number of hydrogen-bond acceptors (Lipinski definition) is 5. The van der Waals surface area contributed by atoms with Gasteiger partial charge in [0.25, 0.3) is 0 Å². The maximum absolute atomic E-state index is 11.8. The Bertz CT molecular complexity index is 482. The van der Waals surface area contributed by atoms with Crippen molar-refractivity contribution in [3.8, 4) is 0 Å². The highest BCUT2D eigenvalue weighted by atomic mass is 32.2.